The number of rotatable bonds is 5. The van der Waals surface area contributed by atoms with Crippen LogP contribution in [0.15, 0.2) is 35.1 Å². The fraction of sp³-hybridized carbons (Fsp3) is 0.167. The van der Waals surface area contributed by atoms with Gasteiger partial charge in [-0.3, -0.25) is 0 Å². The summed E-state index contributed by atoms with van der Waals surface area (Å²) in [4.78, 5) is 18.2. The van der Waals surface area contributed by atoms with Crippen LogP contribution in [-0.4, -0.2) is 36.9 Å². The van der Waals surface area contributed by atoms with E-state index in [1.807, 2.05) is 0 Å². The van der Waals surface area contributed by atoms with Crippen molar-refractivity contribution < 1.29 is 14.2 Å². The van der Waals surface area contributed by atoms with Gasteiger partial charge in [0.05, 0.1) is 24.5 Å². The highest BCUT2D eigenvalue weighted by Gasteiger charge is 2.15. The minimum absolute atomic E-state index is 0.143. The van der Waals surface area contributed by atoms with Gasteiger partial charge < -0.3 is 19.4 Å². The van der Waals surface area contributed by atoms with Gasteiger partial charge in [-0.15, -0.1) is 0 Å². The third-order valence-electron chi connectivity index (χ3n) is 2.78. The second-order valence-corrected chi connectivity index (χ2v) is 4.23. The highest BCUT2D eigenvalue weighted by atomic mass is 16.6. The Kier molecular flexibility index (Phi) is 3.48. The van der Waals surface area contributed by atoms with Gasteiger partial charge in [0.15, 0.2) is 0 Å². The number of pyridine rings is 1. The first kappa shape index (κ1) is 13.7. The molecule has 112 valence electrons. The van der Waals surface area contributed by atoms with Crippen LogP contribution in [0.5, 0.6) is 5.88 Å². The zero-order valence-corrected chi connectivity index (χ0v) is 11.4. The van der Waals surface area contributed by atoms with Gasteiger partial charge in [0.2, 0.25) is 11.7 Å². The van der Waals surface area contributed by atoms with E-state index in [9.17, 15) is 10.1 Å². The summed E-state index contributed by atoms with van der Waals surface area (Å²) in [6.07, 6.45) is 3.03. The van der Waals surface area contributed by atoms with Crippen LogP contribution in [0.25, 0.3) is 11.4 Å². The maximum atomic E-state index is 10.6. The lowest BCUT2D eigenvalue weighted by Gasteiger charge is -1.97. The quantitative estimate of drug-likeness (QED) is 0.510. The maximum Gasteiger partial charge on any atom is 0.389 e. The van der Waals surface area contributed by atoms with Gasteiger partial charge >= 0.3 is 5.82 Å². The molecule has 0 N–H and O–H groups in total. The Morgan fingerprint density at radius 1 is 1.41 bits per heavy atom. The molecule has 0 aliphatic carbocycles. The Balaban J connectivity index is 1.76. The predicted octanol–water partition coefficient (Wildman–Crippen LogP) is 1.29. The van der Waals surface area contributed by atoms with Gasteiger partial charge in [0, 0.05) is 17.8 Å². The van der Waals surface area contributed by atoms with Crippen LogP contribution in [0, 0.1) is 10.1 Å². The van der Waals surface area contributed by atoms with E-state index < -0.39 is 4.92 Å². The van der Waals surface area contributed by atoms with E-state index in [-0.39, 0.29) is 18.3 Å². The van der Waals surface area contributed by atoms with Crippen molar-refractivity contribution in [1.29, 1.82) is 0 Å². The second kappa shape index (κ2) is 5.60. The monoisotopic (exact) mass is 302 g/mol. The molecular weight excluding hydrogens is 292 g/mol. The molecule has 0 spiro atoms. The summed E-state index contributed by atoms with van der Waals surface area (Å²) in [5.74, 6) is 0.894. The van der Waals surface area contributed by atoms with Gasteiger partial charge in [-0.25, -0.2) is 4.98 Å². The average Bonchev–Trinajstić information content (AvgIpc) is 3.17. The fourth-order valence-electron chi connectivity index (χ4n) is 1.74. The third-order valence-corrected chi connectivity index (χ3v) is 2.78. The number of hydrogen-bond donors (Lipinski definition) is 0. The molecule has 0 aliphatic rings. The van der Waals surface area contributed by atoms with Gasteiger partial charge in [-0.1, -0.05) is 5.16 Å². The number of aromatic nitrogens is 5. The molecule has 10 heteroatoms. The van der Waals surface area contributed by atoms with Crippen molar-refractivity contribution in [2.45, 2.75) is 6.54 Å². The molecule has 0 saturated carbocycles. The van der Waals surface area contributed by atoms with Crippen LogP contribution in [0.1, 0.15) is 5.89 Å². The first-order valence-corrected chi connectivity index (χ1v) is 6.16. The van der Waals surface area contributed by atoms with E-state index in [1.54, 1.807) is 18.3 Å². The molecule has 0 amide bonds. The summed E-state index contributed by atoms with van der Waals surface area (Å²) in [7, 11) is 1.53. The second-order valence-electron chi connectivity index (χ2n) is 4.23. The molecule has 0 atom stereocenters. The Hall–Kier alpha value is -3.30. The Morgan fingerprint density at radius 2 is 2.27 bits per heavy atom. The Morgan fingerprint density at radius 3 is 2.91 bits per heavy atom. The van der Waals surface area contributed by atoms with E-state index >= 15 is 0 Å². The highest BCUT2D eigenvalue weighted by molar-refractivity contribution is 5.52. The lowest BCUT2D eigenvalue weighted by molar-refractivity contribution is -0.389. The topological polar surface area (TPSA) is 122 Å². The number of hydrogen-bond acceptors (Lipinski definition) is 8. The normalized spacial score (nSPS) is 10.6. The molecule has 3 heterocycles. The zero-order valence-electron chi connectivity index (χ0n) is 11.4. The summed E-state index contributed by atoms with van der Waals surface area (Å²) in [5.41, 5.74) is 0.669. The highest BCUT2D eigenvalue weighted by Crippen LogP contribution is 2.17. The summed E-state index contributed by atoms with van der Waals surface area (Å²) in [6, 6.07) is 4.73. The van der Waals surface area contributed by atoms with E-state index in [1.165, 1.54) is 24.1 Å². The third kappa shape index (κ3) is 2.75. The molecule has 0 unspecified atom stereocenters. The van der Waals surface area contributed by atoms with Crippen molar-refractivity contribution in [3.8, 4) is 17.3 Å². The SMILES string of the molecule is COc1ccc(-c2noc(Cn3ccc([N+](=O)[O-])n3)n2)cn1. The van der Waals surface area contributed by atoms with Crippen molar-refractivity contribution in [2.24, 2.45) is 0 Å². The standard InChI is InChI=1S/C12H10N6O4/c1-21-10-3-2-8(6-13-10)12-14-11(22-16-12)7-17-5-4-9(15-17)18(19)20/h2-6H,7H2,1H3. The van der Waals surface area contributed by atoms with E-state index in [0.717, 1.165) is 0 Å². The molecule has 0 saturated heterocycles. The maximum absolute atomic E-state index is 10.6. The molecular formula is C12H10N6O4. The van der Waals surface area contributed by atoms with Crippen molar-refractivity contribution in [3.63, 3.8) is 0 Å². The minimum Gasteiger partial charge on any atom is -0.481 e. The molecule has 0 aromatic carbocycles. The first-order valence-electron chi connectivity index (χ1n) is 6.16. The van der Waals surface area contributed by atoms with Crippen molar-refractivity contribution in [1.82, 2.24) is 24.9 Å². The molecule has 0 aliphatic heterocycles. The predicted molar refractivity (Wildman–Crippen MR) is 72.1 cm³/mol. The largest absolute Gasteiger partial charge is 0.481 e. The summed E-state index contributed by atoms with van der Waals surface area (Å²) in [5, 5.41) is 18.2. The van der Waals surface area contributed by atoms with E-state index in [0.29, 0.717) is 17.3 Å². The van der Waals surface area contributed by atoms with Crippen LogP contribution in [-0.2, 0) is 6.54 Å². The molecule has 22 heavy (non-hydrogen) atoms. The zero-order chi connectivity index (χ0) is 15.5. The summed E-state index contributed by atoms with van der Waals surface area (Å²) in [6.45, 7) is 0.143. The molecule has 0 radical (unpaired) electrons. The number of ether oxygens (including phenoxy) is 1. The van der Waals surface area contributed by atoms with Crippen LogP contribution in [0.4, 0.5) is 5.82 Å². The van der Waals surface area contributed by atoms with Crippen LogP contribution in [0.2, 0.25) is 0 Å². The van der Waals surface area contributed by atoms with Crippen LogP contribution < -0.4 is 4.74 Å². The van der Waals surface area contributed by atoms with Gasteiger partial charge in [0.1, 0.15) is 6.54 Å². The number of methoxy groups -OCH3 is 1. The lowest BCUT2D eigenvalue weighted by Crippen LogP contribution is -2.01. The lowest BCUT2D eigenvalue weighted by atomic mass is 10.3. The summed E-state index contributed by atoms with van der Waals surface area (Å²) >= 11 is 0. The van der Waals surface area contributed by atoms with Crippen molar-refractivity contribution in [3.05, 3.63) is 46.6 Å². The average molecular weight is 302 g/mol. The molecule has 3 rings (SSSR count). The van der Waals surface area contributed by atoms with Crippen molar-refractivity contribution >= 4 is 5.82 Å². The smallest absolute Gasteiger partial charge is 0.389 e. The summed E-state index contributed by atoms with van der Waals surface area (Å²) < 4.78 is 11.4. The fourth-order valence-corrected chi connectivity index (χ4v) is 1.74. The van der Waals surface area contributed by atoms with Gasteiger partial charge in [0.25, 0.3) is 5.89 Å². The molecule has 0 fully saturated rings. The molecule has 10 nitrogen and oxygen atoms in total. The van der Waals surface area contributed by atoms with Crippen LogP contribution >= 0.6 is 0 Å². The van der Waals surface area contributed by atoms with Crippen LogP contribution in [0.3, 0.4) is 0 Å². The molecule has 0 bridgehead atoms. The Labute approximate surface area is 123 Å². The van der Waals surface area contributed by atoms with E-state index in [2.05, 4.69) is 20.2 Å². The molecule has 3 aromatic heterocycles. The molecule has 3 aromatic rings. The van der Waals surface area contributed by atoms with E-state index in [4.69, 9.17) is 9.26 Å². The first-order chi connectivity index (χ1) is 10.7. The minimum atomic E-state index is -0.571. The van der Waals surface area contributed by atoms with Crippen molar-refractivity contribution in [2.75, 3.05) is 7.11 Å². The van der Waals surface area contributed by atoms with Gasteiger partial charge in [-0.05, 0) is 11.0 Å². The Bertz CT molecular complexity index is 794. The number of nitro groups is 1. The van der Waals surface area contributed by atoms with Gasteiger partial charge in [-0.2, -0.15) is 9.67 Å². The number of nitrogens with zero attached hydrogens (tertiary/aromatic N) is 6.